The van der Waals surface area contributed by atoms with Gasteiger partial charge in [-0.25, -0.2) is 4.98 Å². The van der Waals surface area contributed by atoms with Gasteiger partial charge in [-0.15, -0.1) is 0 Å². The number of likely N-dealkylation sites (N-methyl/N-ethyl adjacent to an activating group) is 1. The van der Waals surface area contributed by atoms with Gasteiger partial charge in [0.25, 0.3) is 5.91 Å². The van der Waals surface area contributed by atoms with Gasteiger partial charge in [0.15, 0.2) is 5.13 Å². The van der Waals surface area contributed by atoms with Crippen LogP contribution in [0.2, 0.25) is 0 Å². The molecule has 0 aliphatic carbocycles. The number of nitrogens with one attached hydrogen (secondary N) is 1. The molecule has 0 spiro atoms. The third-order valence-corrected chi connectivity index (χ3v) is 7.30. The number of anilines is 2. The number of aryl methyl sites for hydroxylation is 1. The second kappa shape index (κ2) is 8.12. The second-order valence-electron chi connectivity index (χ2n) is 9.08. The first-order chi connectivity index (χ1) is 15.8. The summed E-state index contributed by atoms with van der Waals surface area (Å²) in [4.78, 5) is 22.8. The van der Waals surface area contributed by atoms with E-state index in [0.29, 0.717) is 24.6 Å². The van der Waals surface area contributed by atoms with E-state index in [4.69, 9.17) is 9.72 Å². The van der Waals surface area contributed by atoms with Crippen LogP contribution in [0.1, 0.15) is 35.3 Å². The maximum atomic E-state index is 12.9. The van der Waals surface area contributed by atoms with Gasteiger partial charge in [-0.2, -0.15) is 5.10 Å². The Morgan fingerprint density at radius 1 is 1.36 bits per heavy atom. The molecule has 2 aromatic heterocycles. The van der Waals surface area contributed by atoms with Gasteiger partial charge in [0.05, 0.1) is 42.3 Å². The summed E-state index contributed by atoms with van der Waals surface area (Å²) in [5.74, 6) is 0.686. The number of carbonyl (C=O) groups excluding carboxylic acids is 1. The van der Waals surface area contributed by atoms with Gasteiger partial charge >= 0.3 is 0 Å². The Bertz CT molecular complexity index is 1200. The van der Waals surface area contributed by atoms with Crippen molar-refractivity contribution < 1.29 is 14.6 Å². The number of thiazole rings is 1. The molecule has 0 fully saturated rings. The van der Waals surface area contributed by atoms with E-state index in [1.165, 1.54) is 11.3 Å². The standard InChI is InChI=1S/C23H28N6O3S/c1-23(2)20(27(3)7-9-30)18-19(21(31)26-23)33-22(25-18)29-8-10-32-17-6-5-14(11-16(17)29)15-12-24-28(4)13-15/h5-6,11-13,20,30H,7-10H2,1-4H3,(H,26,31). The topological polar surface area (TPSA) is 95.8 Å². The summed E-state index contributed by atoms with van der Waals surface area (Å²) in [7, 11) is 3.85. The molecule has 2 aliphatic heterocycles. The molecule has 2 N–H and O–H groups in total. The lowest BCUT2D eigenvalue weighted by Gasteiger charge is -2.42. The molecule has 0 radical (unpaired) electrons. The molecule has 1 aromatic carbocycles. The van der Waals surface area contributed by atoms with Crippen LogP contribution in [0.25, 0.3) is 11.1 Å². The maximum absolute atomic E-state index is 12.9. The van der Waals surface area contributed by atoms with Gasteiger partial charge in [-0.05, 0) is 38.6 Å². The van der Waals surface area contributed by atoms with E-state index in [2.05, 4.69) is 26.3 Å². The smallest absolute Gasteiger partial charge is 0.263 e. The first kappa shape index (κ1) is 21.9. The number of hydrogen-bond donors (Lipinski definition) is 2. The number of fused-ring (bicyclic) bond motifs is 2. The lowest BCUT2D eigenvalue weighted by Crippen LogP contribution is -2.56. The summed E-state index contributed by atoms with van der Waals surface area (Å²) in [6, 6.07) is 5.95. The van der Waals surface area contributed by atoms with Gasteiger partial charge in [0, 0.05) is 25.4 Å². The average Bonchev–Trinajstić information content (AvgIpc) is 3.39. The van der Waals surface area contributed by atoms with Crippen molar-refractivity contribution in [1.82, 2.24) is 25.0 Å². The molecule has 33 heavy (non-hydrogen) atoms. The predicted octanol–water partition coefficient (Wildman–Crippen LogP) is 2.56. The molecule has 1 amide bonds. The molecular formula is C23H28N6O3S. The molecule has 5 rings (SSSR count). The van der Waals surface area contributed by atoms with Crippen LogP contribution >= 0.6 is 11.3 Å². The van der Waals surface area contributed by atoms with Crippen molar-refractivity contribution in [1.29, 1.82) is 0 Å². The number of amides is 1. The van der Waals surface area contributed by atoms with Crippen LogP contribution in [0, 0.1) is 0 Å². The van der Waals surface area contributed by atoms with Gasteiger partial charge in [-0.1, -0.05) is 17.4 Å². The number of benzene rings is 1. The Morgan fingerprint density at radius 3 is 2.91 bits per heavy atom. The van der Waals surface area contributed by atoms with Crippen molar-refractivity contribution in [3.8, 4) is 16.9 Å². The quantitative estimate of drug-likeness (QED) is 0.594. The Kier molecular flexibility index (Phi) is 5.38. The lowest BCUT2D eigenvalue weighted by atomic mass is 9.87. The average molecular weight is 469 g/mol. The Morgan fingerprint density at radius 2 is 2.18 bits per heavy atom. The van der Waals surface area contributed by atoms with E-state index in [9.17, 15) is 9.90 Å². The van der Waals surface area contributed by atoms with Crippen molar-refractivity contribution in [2.75, 3.05) is 38.3 Å². The first-order valence-electron chi connectivity index (χ1n) is 11.0. The van der Waals surface area contributed by atoms with Gasteiger partial charge in [0.1, 0.15) is 17.2 Å². The summed E-state index contributed by atoms with van der Waals surface area (Å²) >= 11 is 1.40. The summed E-state index contributed by atoms with van der Waals surface area (Å²) in [6.07, 6.45) is 3.82. The highest BCUT2D eigenvalue weighted by Gasteiger charge is 2.44. The van der Waals surface area contributed by atoms with Gasteiger partial charge in [0.2, 0.25) is 0 Å². The second-order valence-corrected chi connectivity index (χ2v) is 10.1. The molecule has 3 aromatic rings. The van der Waals surface area contributed by atoms with Crippen LogP contribution in [0.4, 0.5) is 10.8 Å². The monoisotopic (exact) mass is 468 g/mol. The molecule has 0 bridgehead atoms. The Labute approximate surface area is 196 Å². The molecule has 1 unspecified atom stereocenters. The van der Waals surface area contributed by atoms with Crippen LogP contribution in [0.5, 0.6) is 5.75 Å². The molecule has 0 saturated heterocycles. The van der Waals surface area contributed by atoms with Crippen molar-refractivity contribution in [3.63, 3.8) is 0 Å². The van der Waals surface area contributed by atoms with E-state index >= 15 is 0 Å². The van der Waals surface area contributed by atoms with Crippen LogP contribution in [-0.2, 0) is 7.05 Å². The van der Waals surface area contributed by atoms with Crippen molar-refractivity contribution in [3.05, 3.63) is 41.2 Å². The number of hydrogen-bond acceptors (Lipinski definition) is 8. The van der Waals surface area contributed by atoms with Crippen molar-refractivity contribution in [2.24, 2.45) is 7.05 Å². The molecule has 1 atom stereocenters. The molecule has 9 nitrogen and oxygen atoms in total. The van der Waals surface area contributed by atoms with Crippen molar-refractivity contribution >= 4 is 28.1 Å². The number of aliphatic hydroxyl groups is 1. The third-order valence-electron chi connectivity index (χ3n) is 6.21. The summed E-state index contributed by atoms with van der Waals surface area (Å²) in [5.41, 5.74) is 3.23. The minimum absolute atomic E-state index is 0.0390. The summed E-state index contributed by atoms with van der Waals surface area (Å²) in [6.45, 7) is 5.70. The largest absolute Gasteiger partial charge is 0.490 e. The number of rotatable bonds is 5. The van der Waals surface area contributed by atoms with Crippen molar-refractivity contribution in [2.45, 2.75) is 25.4 Å². The molecule has 174 valence electrons. The van der Waals surface area contributed by atoms with E-state index in [1.54, 1.807) is 4.68 Å². The van der Waals surface area contributed by atoms with Crippen LogP contribution in [0.15, 0.2) is 30.6 Å². The molecular weight excluding hydrogens is 440 g/mol. The highest BCUT2D eigenvalue weighted by Crippen LogP contribution is 2.45. The predicted molar refractivity (Wildman–Crippen MR) is 127 cm³/mol. The fourth-order valence-electron chi connectivity index (χ4n) is 4.76. The van der Waals surface area contributed by atoms with E-state index in [1.807, 2.05) is 52.5 Å². The summed E-state index contributed by atoms with van der Waals surface area (Å²) < 4.78 is 7.70. The first-order valence-corrected chi connectivity index (χ1v) is 11.8. The SMILES string of the molecule is CN(CCO)C1c2nc(N3CCOc4ccc(-c5cnn(C)c5)cc43)sc2C(=O)NC1(C)C. The number of aliphatic hydroxyl groups excluding tert-OH is 1. The zero-order valence-electron chi connectivity index (χ0n) is 19.2. The number of ether oxygens (including phenoxy) is 1. The van der Waals surface area contributed by atoms with Gasteiger partial charge in [-0.3, -0.25) is 14.4 Å². The van der Waals surface area contributed by atoms with E-state index in [-0.39, 0.29) is 18.6 Å². The molecule has 10 heteroatoms. The highest BCUT2D eigenvalue weighted by molar-refractivity contribution is 7.17. The Balaban J connectivity index is 1.57. The van der Waals surface area contributed by atoms with Crippen LogP contribution in [-0.4, -0.2) is 69.6 Å². The minimum Gasteiger partial charge on any atom is -0.490 e. The third kappa shape index (κ3) is 3.77. The molecule has 4 heterocycles. The maximum Gasteiger partial charge on any atom is 0.263 e. The molecule has 0 saturated carbocycles. The molecule has 2 aliphatic rings. The fraction of sp³-hybridized carbons (Fsp3) is 0.435. The zero-order chi connectivity index (χ0) is 23.3. The zero-order valence-corrected chi connectivity index (χ0v) is 20.0. The lowest BCUT2D eigenvalue weighted by molar-refractivity contribution is 0.0727. The number of carbonyl (C=O) groups is 1. The Hall–Kier alpha value is -2.95. The summed E-state index contributed by atoms with van der Waals surface area (Å²) in [5, 5.41) is 17.7. The van der Waals surface area contributed by atoms with Gasteiger partial charge < -0.3 is 20.1 Å². The van der Waals surface area contributed by atoms with E-state index in [0.717, 1.165) is 33.4 Å². The highest BCUT2D eigenvalue weighted by atomic mass is 32.1. The van der Waals surface area contributed by atoms with Crippen LogP contribution in [0.3, 0.4) is 0 Å². The normalized spacial score (nSPS) is 19.2. The van der Waals surface area contributed by atoms with Crippen LogP contribution < -0.4 is 15.0 Å². The van der Waals surface area contributed by atoms with E-state index < -0.39 is 5.54 Å². The number of aromatic nitrogens is 3. The fourth-order valence-corrected chi connectivity index (χ4v) is 5.79. The number of nitrogens with zero attached hydrogens (tertiary/aromatic N) is 5. The minimum atomic E-state index is -0.518.